The summed E-state index contributed by atoms with van der Waals surface area (Å²) in [5.41, 5.74) is 7.87. The Morgan fingerprint density at radius 1 is 0.783 bits per heavy atom. The van der Waals surface area contributed by atoms with E-state index in [-0.39, 0.29) is 16.4 Å². The fourth-order valence-corrected chi connectivity index (χ4v) is 10.0. The van der Waals surface area contributed by atoms with Gasteiger partial charge in [-0.1, -0.05) is 80.6 Å². The highest BCUT2D eigenvalue weighted by molar-refractivity contribution is 6.08. The second-order valence-corrected chi connectivity index (χ2v) is 16.9. The molecule has 1 aliphatic carbocycles. The molecule has 10 nitrogen and oxygen atoms in total. The molecule has 1 amide bonds. The van der Waals surface area contributed by atoms with Crippen molar-refractivity contribution in [2.24, 2.45) is 0 Å². The van der Waals surface area contributed by atoms with E-state index in [1.165, 1.54) is 50.1 Å². The highest BCUT2D eigenvalue weighted by Crippen LogP contribution is 2.51. The van der Waals surface area contributed by atoms with Crippen molar-refractivity contribution in [3.8, 4) is 0 Å². The minimum Gasteiger partial charge on any atom is -0.344 e. The van der Waals surface area contributed by atoms with Crippen molar-refractivity contribution in [3.05, 3.63) is 175 Å². The standard InChI is InChI=1S/C50H50N5O5/c1-8-52-40-27-21-32-15-10-12-19-37(32)45(40)49(3,4)43(52)29-24-34-17-14-18-35(47(34)51(7)48(56)36-23-26-39(54(57)58)42(31-36)55(59)60)25-30-44-50(5,6)46-38-20-13-11-16-33(38)22-28-41(46)53(44)9-2/h10-13,15-16,19-31H,8-9,14,17-18H2,1-7H3/q+1. The number of carbonyl (C=O) groups excluding carboxylic acids is 1. The van der Waals surface area contributed by atoms with Crippen LogP contribution in [0.2, 0.25) is 0 Å². The zero-order valence-corrected chi connectivity index (χ0v) is 35.3. The molecule has 0 saturated carbocycles. The number of nitro groups is 2. The number of anilines is 1. The van der Waals surface area contributed by atoms with Gasteiger partial charge in [0.15, 0.2) is 5.71 Å². The van der Waals surface area contributed by atoms with Gasteiger partial charge in [0.1, 0.15) is 6.54 Å². The van der Waals surface area contributed by atoms with Crippen molar-refractivity contribution in [2.45, 2.75) is 71.6 Å². The lowest BCUT2D eigenvalue weighted by atomic mass is 9.78. The Bertz CT molecular complexity index is 2820. The van der Waals surface area contributed by atoms with Crippen molar-refractivity contribution >= 4 is 55.9 Å². The number of hydrogen-bond acceptors (Lipinski definition) is 6. The Balaban J connectivity index is 1.27. The molecule has 304 valence electrons. The number of nitrogens with zero attached hydrogens (tertiary/aromatic N) is 5. The molecular weight excluding hydrogens is 751 g/mol. The minimum atomic E-state index is -0.814. The Kier molecular flexibility index (Phi) is 10.1. The monoisotopic (exact) mass is 800 g/mol. The number of likely N-dealkylation sites (N-methyl/N-ethyl adjacent to an activating group) is 2. The molecule has 2 aliphatic heterocycles. The van der Waals surface area contributed by atoms with Gasteiger partial charge in [-0.25, -0.2) is 0 Å². The average Bonchev–Trinajstić information content (AvgIpc) is 3.61. The van der Waals surface area contributed by atoms with Gasteiger partial charge in [-0.3, -0.25) is 25.0 Å². The first-order valence-corrected chi connectivity index (χ1v) is 20.7. The van der Waals surface area contributed by atoms with Gasteiger partial charge in [0, 0.05) is 65.8 Å². The van der Waals surface area contributed by atoms with E-state index in [2.05, 4.69) is 148 Å². The maximum absolute atomic E-state index is 14.5. The van der Waals surface area contributed by atoms with Crippen molar-refractivity contribution < 1.29 is 19.2 Å². The van der Waals surface area contributed by atoms with Crippen LogP contribution >= 0.6 is 0 Å². The molecule has 60 heavy (non-hydrogen) atoms. The van der Waals surface area contributed by atoms with Crippen molar-refractivity contribution in [1.82, 2.24) is 4.90 Å². The Morgan fingerprint density at radius 2 is 1.43 bits per heavy atom. The number of nitro benzene ring substituents is 2. The Morgan fingerprint density at radius 3 is 2.08 bits per heavy atom. The molecule has 0 atom stereocenters. The van der Waals surface area contributed by atoms with E-state index < -0.39 is 27.1 Å². The largest absolute Gasteiger partial charge is 0.346 e. The van der Waals surface area contributed by atoms with Crippen LogP contribution < -0.4 is 4.90 Å². The van der Waals surface area contributed by atoms with Gasteiger partial charge in [-0.15, -0.1) is 0 Å². The number of benzene rings is 5. The van der Waals surface area contributed by atoms with Crippen LogP contribution in [0, 0.1) is 20.2 Å². The second-order valence-electron chi connectivity index (χ2n) is 16.9. The molecule has 0 N–H and O–H groups in total. The van der Waals surface area contributed by atoms with Gasteiger partial charge in [0.2, 0.25) is 5.69 Å². The normalized spacial score (nSPS) is 18.3. The summed E-state index contributed by atoms with van der Waals surface area (Å²) < 4.78 is 2.37. The summed E-state index contributed by atoms with van der Waals surface area (Å²) in [5.74, 6) is -0.493. The van der Waals surface area contributed by atoms with Crippen LogP contribution in [0.1, 0.15) is 82.3 Å². The maximum atomic E-state index is 14.5. The summed E-state index contributed by atoms with van der Waals surface area (Å²) in [4.78, 5) is 40.4. The number of allylic oxidation sites excluding steroid dienone is 7. The zero-order valence-electron chi connectivity index (χ0n) is 35.3. The van der Waals surface area contributed by atoms with Gasteiger partial charge >= 0.3 is 11.4 Å². The number of carbonyl (C=O) groups is 1. The smallest absolute Gasteiger partial charge is 0.344 e. The molecule has 0 saturated heterocycles. The predicted molar refractivity (Wildman–Crippen MR) is 240 cm³/mol. The molecule has 8 rings (SSSR count). The third kappa shape index (κ3) is 6.42. The van der Waals surface area contributed by atoms with Gasteiger partial charge in [0.25, 0.3) is 5.91 Å². The highest BCUT2D eigenvalue weighted by Gasteiger charge is 2.45. The van der Waals surface area contributed by atoms with E-state index in [0.29, 0.717) is 12.8 Å². The average molecular weight is 801 g/mol. The van der Waals surface area contributed by atoms with E-state index in [1.54, 1.807) is 11.9 Å². The molecule has 5 aromatic rings. The van der Waals surface area contributed by atoms with Crippen molar-refractivity contribution in [3.63, 3.8) is 0 Å². The Hall–Kier alpha value is -6.68. The lowest BCUT2D eigenvalue weighted by Crippen LogP contribution is -2.30. The first kappa shape index (κ1) is 40.1. The summed E-state index contributed by atoms with van der Waals surface area (Å²) >= 11 is 0. The first-order valence-electron chi connectivity index (χ1n) is 20.7. The minimum absolute atomic E-state index is 0.00360. The molecular formula is C50H50N5O5+. The van der Waals surface area contributed by atoms with Crippen LogP contribution in [0.3, 0.4) is 0 Å². The number of amides is 1. The quantitative estimate of drug-likeness (QED) is 0.0833. The highest BCUT2D eigenvalue weighted by atomic mass is 16.6. The molecule has 2 heterocycles. The SMILES string of the molecule is CCN1/C(=C/C=C2\CCCC(/C=C/C3=[N+](CC)c4ccc5ccccc5c4C3(C)C)=C2N(C)C(=O)c2ccc([N+](=O)[O-])c([N+](=O)[O-])c2)C(C)(C)c2c1ccc1ccccc21. The molecule has 3 aliphatic rings. The summed E-state index contributed by atoms with van der Waals surface area (Å²) in [7, 11) is 1.69. The lowest BCUT2D eigenvalue weighted by Gasteiger charge is -2.30. The molecule has 0 aromatic heterocycles. The van der Waals surface area contributed by atoms with Gasteiger partial charge in [-0.2, -0.15) is 4.58 Å². The molecule has 0 radical (unpaired) electrons. The first-order chi connectivity index (χ1) is 28.7. The summed E-state index contributed by atoms with van der Waals surface area (Å²) in [6, 6.07) is 29.1. The second kappa shape index (κ2) is 15.2. The maximum Gasteiger partial charge on any atom is 0.346 e. The van der Waals surface area contributed by atoms with E-state index >= 15 is 0 Å². The van der Waals surface area contributed by atoms with Gasteiger partial charge in [0.05, 0.1) is 21.0 Å². The number of hydrogen-bond donors (Lipinski definition) is 0. The molecule has 0 bridgehead atoms. The third-order valence-corrected chi connectivity index (χ3v) is 12.8. The van der Waals surface area contributed by atoms with Crippen LogP contribution in [-0.2, 0) is 10.8 Å². The molecule has 0 spiro atoms. The Labute approximate surface area is 350 Å². The number of rotatable bonds is 9. The van der Waals surface area contributed by atoms with Crippen LogP contribution in [-0.4, -0.2) is 51.1 Å². The van der Waals surface area contributed by atoms with E-state index in [4.69, 9.17) is 0 Å². The van der Waals surface area contributed by atoms with E-state index in [9.17, 15) is 25.0 Å². The number of fused-ring (bicyclic) bond motifs is 6. The van der Waals surface area contributed by atoms with Gasteiger partial charge < -0.3 is 9.80 Å². The molecule has 0 fully saturated rings. The topological polar surface area (TPSA) is 113 Å². The van der Waals surface area contributed by atoms with Crippen molar-refractivity contribution in [1.29, 1.82) is 0 Å². The van der Waals surface area contributed by atoms with Crippen LogP contribution in [0.15, 0.2) is 138 Å². The third-order valence-electron chi connectivity index (χ3n) is 12.8. The lowest BCUT2D eigenvalue weighted by molar-refractivity contribution is -0.433. The van der Waals surface area contributed by atoms with Gasteiger partial charge in [-0.05, 0) is 109 Å². The van der Waals surface area contributed by atoms with Crippen molar-refractivity contribution in [2.75, 3.05) is 25.0 Å². The van der Waals surface area contributed by atoms with Crippen LogP contribution in [0.5, 0.6) is 0 Å². The summed E-state index contributed by atoms with van der Waals surface area (Å²) in [5, 5.41) is 28.5. The fraction of sp³-hybridized carbons (Fsp3) is 0.280. The molecule has 10 heteroatoms. The summed E-state index contributed by atoms with van der Waals surface area (Å²) in [6.07, 6.45) is 11.0. The zero-order chi connectivity index (χ0) is 42.7. The van der Waals surface area contributed by atoms with E-state index in [0.717, 1.165) is 59.9 Å². The van der Waals surface area contributed by atoms with Crippen LogP contribution in [0.25, 0.3) is 21.5 Å². The summed E-state index contributed by atoms with van der Waals surface area (Å²) in [6.45, 7) is 14.9. The van der Waals surface area contributed by atoms with Crippen LogP contribution in [0.4, 0.5) is 22.7 Å². The molecule has 5 aromatic carbocycles. The molecule has 0 unspecified atom stereocenters. The predicted octanol–water partition coefficient (Wildman–Crippen LogP) is 11.6. The fourth-order valence-electron chi connectivity index (χ4n) is 10.0. The van der Waals surface area contributed by atoms with E-state index in [1.807, 2.05) is 0 Å².